The number of ether oxygens (including phenoxy) is 1. The number of nitrogens with zero attached hydrogens (tertiary/aromatic N) is 1. The number of anilines is 1. The van der Waals surface area contributed by atoms with Crippen molar-refractivity contribution in [2.75, 3.05) is 31.7 Å². The molecular formula is C18H23N3O. The maximum atomic E-state index is 5.42. The van der Waals surface area contributed by atoms with E-state index in [1.54, 1.807) is 0 Å². The number of benzene rings is 2. The molecule has 2 N–H and O–H groups in total. The van der Waals surface area contributed by atoms with Gasteiger partial charge in [0.25, 0.3) is 0 Å². The molecule has 0 saturated carbocycles. The second-order valence-corrected chi connectivity index (χ2v) is 5.50. The van der Waals surface area contributed by atoms with Crippen molar-refractivity contribution < 1.29 is 4.74 Å². The molecule has 0 aromatic heterocycles. The second-order valence-electron chi connectivity index (χ2n) is 5.50. The van der Waals surface area contributed by atoms with Crippen LogP contribution < -0.4 is 10.9 Å². The van der Waals surface area contributed by atoms with Crippen molar-refractivity contribution in [1.29, 1.82) is 0 Å². The molecule has 1 aliphatic rings. The van der Waals surface area contributed by atoms with E-state index < -0.39 is 0 Å². The number of para-hydroxylation sites is 1. The molecule has 1 heterocycles. The quantitative estimate of drug-likeness (QED) is 0.804. The van der Waals surface area contributed by atoms with Gasteiger partial charge in [-0.25, -0.2) is 5.43 Å². The number of morpholine rings is 1. The van der Waals surface area contributed by atoms with E-state index in [1.807, 2.05) is 30.3 Å². The van der Waals surface area contributed by atoms with Crippen LogP contribution in [0.2, 0.25) is 0 Å². The summed E-state index contributed by atoms with van der Waals surface area (Å²) in [4.78, 5) is 2.45. The number of rotatable bonds is 6. The Hall–Kier alpha value is -1.88. The monoisotopic (exact) mass is 297 g/mol. The standard InChI is InChI=1S/C18H23N3O/c1-2-8-18(9-3-1)20-19-14-16-6-4-5-7-17(16)15-21-10-12-22-13-11-21/h1-9,19-20H,10-15H2. The highest BCUT2D eigenvalue weighted by Crippen LogP contribution is 2.13. The molecule has 0 aliphatic carbocycles. The summed E-state index contributed by atoms with van der Waals surface area (Å²) in [6, 6.07) is 18.8. The predicted octanol–water partition coefficient (Wildman–Crippen LogP) is 2.64. The van der Waals surface area contributed by atoms with Crippen LogP contribution in [0.25, 0.3) is 0 Å². The Morgan fingerprint density at radius 3 is 2.32 bits per heavy atom. The molecule has 0 unspecified atom stereocenters. The Kier molecular flexibility index (Phi) is 5.42. The average Bonchev–Trinajstić information content (AvgIpc) is 2.58. The van der Waals surface area contributed by atoms with Crippen LogP contribution >= 0.6 is 0 Å². The summed E-state index contributed by atoms with van der Waals surface area (Å²) in [5, 5.41) is 0. The van der Waals surface area contributed by atoms with Gasteiger partial charge in [-0.15, -0.1) is 0 Å². The van der Waals surface area contributed by atoms with Crippen LogP contribution in [-0.2, 0) is 17.8 Å². The minimum absolute atomic E-state index is 0.801. The summed E-state index contributed by atoms with van der Waals surface area (Å²) < 4.78 is 5.42. The molecule has 116 valence electrons. The van der Waals surface area contributed by atoms with Gasteiger partial charge in [0, 0.05) is 31.9 Å². The normalized spacial score (nSPS) is 15.6. The minimum Gasteiger partial charge on any atom is -0.379 e. The second kappa shape index (κ2) is 7.94. The molecule has 22 heavy (non-hydrogen) atoms. The van der Waals surface area contributed by atoms with Crippen LogP contribution in [0.5, 0.6) is 0 Å². The van der Waals surface area contributed by atoms with Gasteiger partial charge in [-0.1, -0.05) is 42.5 Å². The van der Waals surface area contributed by atoms with Gasteiger partial charge in [-0.3, -0.25) is 4.90 Å². The summed E-state index contributed by atoms with van der Waals surface area (Å²) in [6.07, 6.45) is 0. The van der Waals surface area contributed by atoms with Crippen molar-refractivity contribution in [2.45, 2.75) is 13.1 Å². The molecule has 3 rings (SSSR count). The van der Waals surface area contributed by atoms with Gasteiger partial charge in [0.05, 0.1) is 13.2 Å². The smallest absolute Gasteiger partial charge is 0.0594 e. The molecule has 1 fully saturated rings. The molecule has 0 amide bonds. The molecular weight excluding hydrogens is 274 g/mol. The number of hydrogen-bond acceptors (Lipinski definition) is 4. The highest BCUT2D eigenvalue weighted by Gasteiger charge is 2.12. The molecule has 4 nitrogen and oxygen atoms in total. The van der Waals surface area contributed by atoms with Crippen LogP contribution in [0.1, 0.15) is 11.1 Å². The molecule has 1 aliphatic heterocycles. The van der Waals surface area contributed by atoms with Gasteiger partial charge >= 0.3 is 0 Å². The van der Waals surface area contributed by atoms with Gasteiger partial charge in [0.2, 0.25) is 0 Å². The van der Waals surface area contributed by atoms with Gasteiger partial charge in [0.1, 0.15) is 0 Å². The lowest BCUT2D eigenvalue weighted by atomic mass is 10.1. The first-order valence-corrected chi connectivity index (χ1v) is 7.82. The van der Waals surface area contributed by atoms with Crippen LogP contribution in [0.4, 0.5) is 5.69 Å². The summed E-state index contributed by atoms with van der Waals surface area (Å²) >= 11 is 0. The van der Waals surface area contributed by atoms with E-state index in [0.29, 0.717) is 0 Å². The number of nitrogens with one attached hydrogen (secondary N) is 2. The summed E-state index contributed by atoms with van der Waals surface area (Å²) in [7, 11) is 0. The lowest BCUT2D eigenvalue weighted by Gasteiger charge is -2.27. The lowest BCUT2D eigenvalue weighted by molar-refractivity contribution is 0.0340. The van der Waals surface area contributed by atoms with E-state index in [9.17, 15) is 0 Å². The van der Waals surface area contributed by atoms with Crippen molar-refractivity contribution in [3.63, 3.8) is 0 Å². The minimum atomic E-state index is 0.801. The molecule has 0 spiro atoms. The summed E-state index contributed by atoms with van der Waals surface area (Å²) in [5.74, 6) is 0. The van der Waals surface area contributed by atoms with E-state index in [-0.39, 0.29) is 0 Å². The number of hydrogen-bond donors (Lipinski definition) is 2. The molecule has 0 atom stereocenters. The van der Waals surface area contributed by atoms with Crippen LogP contribution in [0.15, 0.2) is 54.6 Å². The van der Waals surface area contributed by atoms with Gasteiger partial charge < -0.3 is 10.2 Å². The largest absolute Gasteiger partial charge is 0.379 e. The van der Waals surface area contributed by atoms with Crippen LogP contribution in [0, 0.1) is 0 Å². The van der Waals surface area contributed by atoms with Crippen molar-refractivity contribution in [3.05, 3.63) is 65.7 Å². The molecule has 1 saturated heterocycles. The zero-order valence-electron chi connectivity index (χ0n) is 12.8. The van der Waals surface area contributed by atoms with Crippen molar-refractivity contribution >= 4 is 5.69 Å². The van der Waals surface area contributed by atoms with Gasteiger partial charge in [-0.2, -0.15) is 0 Å². The van der Waals surface area contributed by atoms with E-state index in [2.05, 4.69) is 40.0 Å². The SMILES string of the molecule is c1ccc(NNCc2ccccc2CN2CCOCC2)cc1. The third-order valence-corrected chi connectivity index (χ3v) is 3.90. The summed E-state index contributed by atoms with van der Waals surface area (Å²) in [6.45, 7) is 5.52. The molecule has 2 aromatic carbocycles. The van der Waals surface area contributed by atoms with E-state index in [4.69, 9.17) is 4.74 Å². The average molecular weight is 297 g/mol. The fraction of sp³-hybridized carbons (Fsp3) is 0.333. The highest BCUT2D eigenvalue weighted by molar-refractivity contribution is 5.41. The van der Waals surface area contributed by atoms with E-state index in [0.717, 1.165) is 45.1 Å². The Morgan fingerprint density at radius 2 is 1.55 bits per heavy atom. The predicted molar refractivity (Wildman–Crippen MR) is 89.4 cm³/mol. The number of hydrazine groups is 1. The fourth-order valence-electron chi connectivity index (χ4n) is 2.65. The van der Waals surface area contributed by atoms with E-state index >= 15 is 0 Å². The Morgan fingerprint density at radius 1 is 0.864 bits per heavy atom. The Bertz CT molecular complexity index is 568. The third-order valence-electron chi connectivity index (χ3n) is 3.90. The first-order chi connectivity index (χ1) is 10.9. The molecule has 0 bridgehead atoms. The fourth-order valence-corrected chi connectivity index (χ4v) is 2.65. The van der Waals surface area contributed by atoms with Crippen molar-refractivity contribution in [2.24, 2.45) is 0 Å². The first-order valence-electron chi connectivity index (χ1n) is 7.82. The van der Waals surface area contributed by atoms with E-state index in [1.165, 1.54) is 11.1 Å². The van der Waals surface area contributed by atoms with Crippen molar-refractivity contribution in [1.82, 2.24) is 10.3 Å². The van der Waals surface area contributed by atoms with Crippen molar-refractivity contribution in [3.8, 4) is 0 Å². The summed E-state index contributed by atoms with van der Waals surface area (Å²) in [5.41, 5.74) is 10.3. The highest BCUT2D eigenvalue weighted by atomic mass is 16.5. The lowest BCUT2D eigenvalue weighted by Crippen LogP contribution is -2.36. The first kappa shape index (κ1) is 15.0. The maximum Gasteiger partial charge on any atom is 0.0594 e. The Labute approximate surface area is 132 Å². The van der Waals surface area contributed by atoms with Crippen LogP contribution in [-0.4, -0.2) is 31.2 Å². The topological polar surface area (TPSA) is 36.5 Å². The molecule has 0 radical (unpaired) electrons. The Balaban J connectivity index is 1.56. The van der Waals surface area contributed by atoms with Crippen LogP contribution in [0.3, 0.4) is 0 Å². The van der Waals surface area contributed by atoms with Gasteiger partial charge in [0.15, 0.2) is 0 Å². The zero-order chi connectivity index (χ0) is 15.0. The molecule has 4 heteroatoms. The molecule has 2 aromatic rings. The maximum absolute atomic E-state index is 5.42. The zero-order valence-corrected chi connectivity index (χ0v) is 12.8. The van der Waals surface area contributed by atoms with Gasteiger partial charge in [-0.05, 0) is 23.3 Å². The third kappa shape index (κ3) is 4.31.